The third kappa shape index (κ3) is 3.35. The fourth-order valence-corrected chi connectivity index (χ4v) is 5.63. The second kappa shape index (κ2) is 7.39. The molecule has 1 spiro atoms. The van der Waals surface area contributed by atoms with Gasteiger partial charge in [0.2, 0.25) is 0 Å². The standard InChI is InChI=1S/C20H20ClF2NO3S/c1-2-13-8-20(19-14(7-17(21)28-19)16(25)10-27-20)3-4-24(13)9-11-5-12(22)6-15(23)18(11)26/h2,5-7,13,16,25-26H,1,3-4,8-10H2/t13-,16-,20+/m0/s1. The van der Waals surface area contributed by atoms with Crippen LogP contribution in [-0.2, 0) is 16.9 Å². The van der Waals surface area contributed by atoms with Gasteiger partial charge in [-0.3, -0.25) is 4.90 Å². The van der Waals surface area contributed by atoms with Crippen molar-refractivity contribution in [1.82, 2.24) is 4.90 Å². The molecule has 0 saturated carbocycles. The number of benzene rings is 1. The van der Waals surface area contributed by atoms with Gasteiger partial charge >= 0.3 is 0 Å². The molecular formula is C20H20ClF2NO3S. The van der Waals surface area contributed by atoms with Gasteiger partial charge in [0.15, 0.2) is 11.6 Å². The van der Waals surface area contributed by atoms with Crippen molar-refractivity contribution >= 4 is 22.9 Å². The van der Waals surface area contributed by atoms with Gasteiger partial charge in [-0.25, -0.2) is 8.78 Å². The molecule has 1 saturated heterocycles. The van der Waals surface area contributed by atoms with Gasteiger partial charge in [-0.15, -0.1) is 17.9 Å². The number of nitrogens with zero attached hydrogens (tertiary/aromatic N) is 1. The van der Waals surface area contributed by atoms with E-state index >= 15 is 0 Å². The highest BCUT2D eigenvalue weighted by molar-refractivity contribution is 7.16. The largest absolute Gasteiger partial charge is 0.505 e. The predicted molar refractivity (Wildman–Crippen MR) is 104 cm³/mol. The zero-order chi connectivity index (χ0) is 20.1. The van der Waals surface area contributed by atoms with Crippen molar-refractivity contribution in [3.63, 3.8) is 0 Å². The smallest absolute Gasteiger partial charge is 0.168 e. The number of rotatable bonds is 3. The summed E-state index contributed by atoms with van der Waals surface area (Å²) in [7, 11) is 0. The minimum Gasteiger partial charge on any atom is -0.505 e. The minimum atomic E-state index is -0.971. The number of aliphatic hydroxyl groups is 1. The molecule has 0 radical (unpaired) electrons. The van der Waals surface area contributed by atoms with Crippen LogP contribution in [0.3, 0.4) is 0 Å². The summed E-state index contributed by atoms with van der Waals surface area (Å²) in [6.45, 7) is 4.86. The Labute approximate surface area is 170 Å². The number of phenols is 1. The number of aliphatic hydroxyl groups excluding tert-OH is 1. The highest BCUT2D eigenvalue weighted by Crippen LogP contribution is 2.50. The number of likely N-dealkylation sites (tertiary alicyclic amines) is 1. The average molecular weight is 428 g/mol. The van der Waals surface area contributed by atoms with Crippen LogP contribution in [0.5, 0.6) is 5.75 Å². The van der Waals surface area contributed by atoms with Crippen molar-refractivity contribution in [2.24, 2.45) is 0 Å². The number of fused-ring (bicyclic) bond motifs is 2. The first-order valence-electron chi connectivity index (χ1n) is 8.98. The summed E-state index contributed by atoms with van der Waals surface area (Å²) >= 11 is 7.61. The molecule has 3 atom stereocenters. The van der Waals surface area contributed by atoms with E-state index < -0.39 is 29.1 Å². The van der Waals surface area contributed by atoms with E-state index in [-0.39, 0.29) is 24.8 Å². The Hall–Kier alpha value is -1.51. The lowest BCUT2D eigenvalue weighted by molar-refractivity contribution is -0.136. The highest BCUT2D eigenvalue weighted by atomic mass is 35.5. The lowest BCUT2D eigenvalue weighted by Gasteiger charge is -2.47. The number of aromatic hydroxyl groups is 1. The number of halogens is 3. The first-order chi connectivity index (χ1) is 13.3. The van der Waals surface area contributed by atoms with Gasteiger partial charge in [-0.1, -0.05) is 17.7 Å². The molecule has 150 valence electrons. The van der Waals surface area contributed by atoms with Gasteiger partial charge in [0.05, 0.1) is 10.9 Å². The molecule has 4 nitrogen and oxygen atoms in total. The van der Waals surface area contributed by atoms with Crippen LogP contribution in [0, 0.1) is 11.6 Å². The average Bonchev–Trinajstić information content (AvgIpc) is 3.07. The van der Waals surface area contributed by atoms with Crippen LogP contribution in [0.4, 0.5) is 8.78 Å². The molecule has 0 aliphatic carbocycles. The number of thiophene rings is 1. The third-order valence-electron chi connectivity index (χ3n) is 5.58. The lowest BCUT2D eigenvalue weighted by Crippen LogP contribution is -2.50. The van der Waals surface area contributed by atoms with Crippen LogP contribution in [0.1, 0.15) is 34.9 Å². The molecule has 2 aliphatic rings. The summed E-state index contributed by atoms with van der Waals surface area (Å²) in [4.78, 5) is 2.94. The van der Waals surface area contributed by atoms with Crippen molar-refractivity contribution in [3.05, 3.63) is 62.8 Å². The van der Waals surface area contributed by atoms with Crippen molar-refractivity contribution in [2.75, 3.05) is 13.2 Å². The maximum Gasteiger partial charge on any atom is 0.168 e. The summed E-state index contributed by atoms with van der Waals surface area (Å²) in [6, 6.07) is 3.47. The van der Waals surface area contributed by atoms with E-state index in [1.807, 2.05) is 4.90 Å². The number of ether oxygens (including phenoxy) is 1. The highest BCUT2D eigenvalue weighted by Gasteiger charge is 2.47. The summed E-state index contributed by atoms with van der Waals surface area (Å²) in [5.74, 6) is -2.23. The van der Waals surface area contributed by atoms with E-state index in [0.717, 1.165) is 16.5 Å². The van der Waals surface area contributed by atoms with Crippen LogP contribution < -0.4 is 0 Å². The summed E-state index contributed by atoms with van der Waals surface area (Å²) in [5, 5.41) is 20.2. The van der Waals surface area contributed by atoms with E-state index in [1.165, 1.54) is 11.3 Å². The van der Waals surface area contributed by atoms with Crippen molar-refractivity contribution in [1.29, 1.82) is 0 Å². The molecule has 1 aromatic carbocycles. The molecule has 2 N–H and O–H groups in total. The van der Waals surface area contributed by atoms with Gasteiger partial charge in [0.25, 0.3) is 0 Å². The fraction of sp³-hybridized carbons (Fsp3) is 0.400. The zero-order valence-electron chi connectivity index (χ0n) is 15.0. The van der Waals surface area contributed by atoms with Gasteiger partial charge in [-0.05, 0) is 18.6 Å². The first kappa shape index (κ1) is 19.8. The van der Waals surface area contributed by atoms with E-state index in [0.29, 0.717) is 29.8 Å². The van der Waals surface area contributed by atoms with Gasteiger partial charge in [-0.2, -0.15) is 0 Å². The molecule has 8 heteroatoms. The second-order valence-corrected chi connectivity index (χ2v) is 8.96. The molecule has 1 aromatic heterocycles. The second-order valence-electron chi connectivity index (χ2n) is 7.28. The van der Waals surface area contributed by atoms with E-state index in [1.54, 1.807) is 12.1 Å². The minimum absolute atomic E-state index is 0.136. The number of hydrogen-bond donors (Lipinski definition) is 2. The molecule has 28 heavy (non-hydrogen) atoms. The van der Waals surface area contributed by atoms with E-state index in [2.05, 4.69) is 6.58 Å². The summed E-state index contributed by atoms with van der Waals surface area (Å²) in [6.07, 6.45) is 2.28. The maximum atomic E-state index is 13.7. The van der Waals surface area contributed by atoms with Gasteiger partial charge in [0, 0.05) is 47.6 Å². The van der Waals surface area contributed by atoms with Crippen molar-refractivity contribution < 1.29 is 23.7 Å². The molecule has 0 bridgehead atoms. The summed E-state index contributed by atoms with van der Waals surface area (Å²) in [5.41, 5.74) is 0.430. The molecule has 3 heterocycles. The Morgan fingerprint density at radius 1 is 1.39 bits per heavy atom. The Balaban J connectivity index is 1.60. The van der Waals surface area contributed by atoms with Crippen LogP contribution >= 0.6 is 22.9 Å². The monoisotopic (exact) mass is 427 g/mol. The Kier molecular flexibility index (Phi) is 5.22. The number of phenolic OH excluding ortho intramolecular Hbond substituents is 1. The third-order valence-corrected chi connectivity index (χ3v) is 7.05. The summed E-state index contributed by atoms with van der Waals surface area (Å²) < 4.78 is 34.0. The Bertz CT molecular complexity index is 921. The molecule has 2 aromatic rings. The quantitative estimate of drug-likeness (QED) is 0.708. The van der Waals surface area contributed by atoms with Crippen LogP contribution in [0.2, 0.25) is 4.34 Å². The van der Waals surface area contributed by atoms with Gasteiger partial charge in [0.1, 0.15) is 17.5 Å². The zero-order valence-corrected chi connectivity index (χ0v) is 16.6. The molecular weight excluding hydrogens is 408 g/mol. The molecule has 0 unspecified atom stereocenters. The topological polar surface area (TPSA) is 52.9 Å². The molecule has 0 amide bonds. The van der Waals surface area contributed by atoms with Crippen molar-refractivity contribution in [3.8, 4) is 5.75 Å². The molecule has 2 aliphatic heterocycles. The van der Waals surface area contributed by atoms with E-state index in [4.69, 9.17) is 16.3 Å². The number of piperidine rings is 1. The van der Waals surface area contributed by atoms with Crippen molar-refractivity contribution in [2.45, 2.75) is 37.1 Å². The Morgan fingerprint density at radius 3 is 2.93 bits per heavy atom. The molecule has 1 fully saturated rings. The SMILES string of the molecule is C=C[C@H]1C[C@@]2(CCN1Cc1cc(F)cc(F)c1O)OC[C@H](O)c1cc(Cl)sc12. The Morgan fingerprint density at radius 2 is 2.18 bits per heavy atom. The van der Waals surface area contributed by atoms with Crippen LogP contribution in [-0.4, -0.2) is 34.3 Å². The first-order valence-corrected chi connectivity index (χ1v) is 10.2. The van der Waals surface area contributed by atoms with E-state index in [9.17, 15) is 19.0 Å². The lowest BCUT2D eigenvalue weighted by atomic mass is 9.81. The fourth-order valence-electron chi connectivity index (χ4n) is 4.15. The normalized spacial score (nSPS) is 27.7. The van der Waals surface area contributed by atoms with Gasteiger partial charge < -0.3 is 14.9 Å². The maximum absolute atomic E-state index is 13.7. The predicted octanol–water partition coefficient (Wildman–Crippen LogP) is 4.49. The molecule has 4 rings (SSSR count). The van der Waals surface area contributed by atoms with Crippen LogP contribution in [0.25, 0.3) is 0 Å². The van der Waals surface area contributed by atoms with Crippen LogP contribution in [0.15, 0.2) is 30.9 Å². The number of hydrogen-bond acceptors (Lipinski definition) is 5.